The number of nitrogens with one attached hydrogen (secondary N) is 1. The monoisotopic (exact) mass is 250 g/mol. The first kappa shape index (κ1) is 11.6. The van der Waals surface area contributed by atoms with Crippen LogP contribution in [-0.2, 0) is 0 Å². The number of hydrogen-bond donors (Lipinski definition) is 2. The van der Waals surface area contributed by atoms with E-state index in [1.807, 2.05) is 18.2 Å². The molecule has 1 fully saturated rings. The average Bonchev–Trinajstić information content (AvgIpc) is 2.39. The van der Waals surface area contributed by atoms with Crippen LogP contribution in [0.15, 0.2) is 18.2 Å². The molecule has 0 spiro atoms. The lowest BCUT2D eigenvalue weighted by Gasteiger charge is -2.38. The molecule has 0 radical (unpaired) electrons. The molecule has 2 aliphatic rings. The summed E-state index contributed by atoms with van der Waals surface area (Å²) in [5.41, 5.74) is 1.00. The van der Waals surface area contributed by atoms with Gasteiger partial charge in [0.25, 0.3) is 0 Å². The second kappa shape index (κ2) is 4.66. The maximum absolute atomic E-state index is 9.57. The Kier molecular flexibility index (Phi) is 3.01. The van der Waals surface area contributed by atoms with Crippen LogP contribution < -0.4 is 19.7 Å². The SMILES string of the molecule is CC1CNCCN1c1cccc2c1OC(O)CO2. The second-order valence-corrected chi connectivity index (χ2v) is 4.73. The third-order valence-electron chi connectivity index (χ3n) is 3.40. The first-order chi connectivity index (χ1) is 8.75. The third kappa shape index (κ3) is 2.00. The fraction of sp³-hybridized carbons (Fsp3) is 0.538. The second-order valence-electron chi connectivity index (χ2n) is 4.73. The number of nitrogens with zero attached hydrogens (tertiary/aromatic N) is 1. The predicted molar refractivity (Wildman–Crippen MR) is 68.2 cm³/mol. The molecule has 5 nitrogen and oxygen atoms in total. The summed E-state index contributed by atoms with van der Waals surface area (Å²) in [6, 6.07) is 6.25. The van der Waals surface area contributed by atoms with Crippen molar-refractivity contribution in [2.75, 3.05) is 31.1 Å². The first-order valence-electron chi connectivity index (χ1n) is 6.33. The summed E-state index contributed by atoms with van der Waals surface area (Å²) in [6.45, 7) is 5.20. The van der Waals surface area contributed by atoms with E-state index in [2.05, 4.69) is 17.1 Å². The number of benzene rings is 1. The lowest BCUT2D eigenvalue weighted by atomic mass is 10.1. The summed E-state index contributed by atoms with van der Waals surface area (Å²) >= 11 is 0. The van der Waals surface area contributed by atoms with E-state index < -0.39 is 6.29 Å². The number of piperazine rings is 1. The van der Waals surface area contributed by atoms with Crippen molar-refractivity contribution in [1.29, 1.82) is 0 Å². The van der Waals surface area contributed by atoms with Crippen molar-refractivity contribution < 1.29 is 14.6 Å². The van der Waals surface area contributed by atoms with Gasteiger partial charge in [0, 0.05) is 25.7 Å². The molecule has 2 heterocycles. The molecule has 0 amide bonds. The van der Waals surface area contributed by atoms with Crippen molar-refractivity contribution in [1.82, 2.24) is 5.32 Å². The molecule has 0 aliphatic carbocycles. The highest BCUT2D eigenvalue weighted by Gasteiger charge is 2.27. The molecule has 0 aromatic heterocycles. The summed E-state index contributed by atoms with van der Waals surface area (Å²) in [6.07, 6.45) is -0.878. The van der Waals surface area contributed by atoms with Crippen molar-refractivity contribution in [3.63, 3.8) is 0 Å². The molecular formula is C13H18N2O3. The van der Waals surface area contributed by atoms with Gasteiger partial charge in [-0.1, -0.05) is 6.07 Å². The molecule has 1 saturated heterocycles. The Labute approximate surface area is 106 Å². The van der Waals surface area contributed by atoms with Gasteiger partial charge in [0.05, 0.1) is 5.69 Å². The number of aliphatic hydroxyl groups is 1. The van der Waals surface area contributed by atoms with Gasteiger partial charge in [-0.2, -0.15) is 0 Å². The van der Waals surface area contributed by atoms with Gasteiger partial charge >= 0.3 is 0 Å². The summed E-state index contributed by atoms with van der Waals surface area (Å²) < 4.78 is 11.0. The molecule has 2 aliphatic heterocycles. The normalized spacial score (nSPS) is 27.1. The van der Waals surface area contributed by atoms with Crippen LogP contribution in [0, 0.1) is 0 Å². The van der Waals surface area contributed by atoms with Crippen LogP contribution in [0.25, 0.3) is 0 Å². The molecule has 0 saturated carbocycles. The zero-order chi connectivity index (χ0) is 12.5. The van der Waals surface area contributed by atoms with Gasteiger partial charge in [-0.05, 0) is 19.1 Å². The number of hydrogen-bond acceptors (Lipinski definition) is 5. The van der Waals surface area contributed by atoms with E-state index in [1.54, 1.807) is 0 Å². The van der Waals surface area contributed by atoms with Crippen molar-refractivity contribution in [2.24, 2.45) is 0 Å². The number of fused-ring (bicyclic) bond motifs is 1. The van der Waals surface area contributed by atoms with E-state index in [1.165, 1.54) is 0 Å². The minimum Gasteiger partial charge on any atom is -0.483 e. The number of rotatable bonds is 1. The van der Waals surface area contributed by atoms with Gasteiger partial charge in [0.1, 0.15) is 0 Å². The van der Waals surface area contributed by atoms with Crippen molar-refractivity contribution >= 4 is 5.69 Å². The molecule has 2 atom stereocenters. The molecule has 3 rings (SSSR count). The summed E-state index contributed by atoms with van der Waals surface area (Å²) in [5, 5.41) is 12.9. The molecule has 2 unspecified atom stereocenters. The Morgan fingerprint density at radius 2 is 2.33 bits per heavy atom. The zero-order valence-corrected chi connectivity index (χ0v) is 10.4. The van der Waals surface area contributed by atoms with Crippen LogP contribution in [0.2, 0.25) is 0 Å². The number of anilines is 1. The Morgan fingerprint density at radius 1 is 1.44 bits per heavy atom. The Balaban J connectivity index is 1.96. The molecule has 1 aromatic rings. The van der Waals surface area contributed by atoms with Crippen LogP contribution in [0.5, 0.6) is 11.5 Å². The fourth-order valence-electron chi connectivity index (χ4n) is 2.49. The standard InChI is InChI=1S/C13H18N2O3/c1-9-7-14-5-6-15(9)10-3-2-4-11-13(10)18-12(16)8-17-11/h2-4,9,12,14,16H,5-8H2,1H3. The predicted octanol–water partition coefficient (Wildman–Crippen LogP) is 0.574. The molecule has 0 bridgehead atoms. The average molecular weight is 250 g/mol. The van der Waals surface area contributed by atoms with Gasteiger partial charge in [-0.15, -0.1) is 0 Å². The first-order valence-corrected chi connectivity index (χ1v) is 6.33. The summed E-state index contributed by atoms with van der Waals surface area (Å²) in [4.78, 5) is 2.29. The fourth-order valence-corrected chi connectivity index (χ4v) is 2.49. The van der Waals surface area contributed by atoms with Crippen LogP contribution >= 0.6 is 0 Å². The van der Waals surface area contributed by atoms with Crippen LogP contribution in [-0.4, -0.2) is 43.7 Å². The Morgan fingerprint density at radius 3 is 3.17 bits per heavy atom. The largest absolute Gasteiger partial charge is 0.483 e. The van der Waals surface area contributed by atoms with Crippen LogP contribution in [0.1, 0.15) is 6.92 Å². The molecule has 1 aromatic carbocycles. The zero-order valence-electron chi connectivity index (χ0n) is 10.4. The van der Waals surface area contributed by atoms with Crippen molar-refractivity contribution in [2.45, 2.75) is 19.3 Å². The minimum absolute atomic E-state index is 0.188. The van der Waals surface area contributed by atoms with Gasteiger partial charge < -0.3 is 24.8 Å². The quantitative estimate of drug-likeness (QED) is 0.763. The van der Waals surface area contributed by atoms with E-state index in [0.717, 1.165) is 25.3 Å². The van der Waals surface area contributed by atoms with Gasteiger partial charge in [-0.3, -0.25) is 0 Å². The van der Waals surface area contributed by atoms with E-state index in [-0.39, 0.29) is 6.61 Å². The van der Waals surface area contributed by atoms with E-state index >= 15 is 0 Å². The summed E-state index contributed by atoms with van der Waals surface area (Å²) in [7, 11) is 0. The molecular weight excluding hydrogens is 232 g/mol. The van der Waals surface area contributed by atoms with Crippen LogP contribution in [0.3, 0.4) is 0 Å². The van der Waals surface area contributed by atoms with E-state index in [4.69, 9.17) is 9.47 Å². The lowest BCUT2D eigenvalue weighted by Crippen LogP contribution is -2.50. The van der Waals surface area contributed by atoms with E-state index in [0.29, 0.717) is 17.5 Å². The highest BCUT2D eigenvalue weighted by molar-refractivity contribution is 5.66. The van der Waals surface area contributed by atoms with Crippen LogP contribution in [0.4, 0.5) is 5.69 Å². The lowest BCUT2D eigenvalue weighted by molar-refractivity contribution is -0.0666. The van der Waals surface area contributed by atoms with Crippen molar-refractivity contribution in [3.8, 4) is 11.5 Å². The molecule has 5 heteroatoms. The number of aliphatic hydroxyl groups excluding tert-OH is 1. The third-order valence-corrected chi connectivity index (χ3v) is 3.40. The number of ether oxygens (including phenoxy) is 2. The topological polar surface area (TPSA) is 54.0 Å². The van der Waals surface area contributed by atoms with Gasteiger partial charge in [-0.25, -0.2) is 0 Å². The van der Waals surface area contributed by atoms with Crippen molar-refractivity contribution in [3.05, 3.63) is 18.2 Å². The molecule has 18 heavy (non-hydrogen) atoms. The van der Waals surface area contributed by atoms with E-state index in [9.17, 15) is 5.11 Å². The highest BCUT2D eigenvalue weighted by Crippen LogP contribution is 2.41. The number of para-hydroxylation sites is 1. The maximum atomic E-state index is 9.57. The van der Waals surface area contributed by atoms with Gasteiger partial charge in [0.15, 0.2) is 18.1 Å². The molecule has 98 valence electrons. The Hall–Kier alpha value is -1.46. The smallest absolute Gasteiger partial charge is 0.232 e. The molecule has 2 N–H and O–H groups in total. The Bertz CT molecular complexity index is 438. The van der Waals surface area contributed by atoms with Gasteiger partial charge in [0.2, 0.25) is 6.29 Å². The highest BCUT2D eigenvalue weighted by atomic mass is 16.7. The summed E-state index contributed by atoms with van der Waals surface area (Å²) in [5.74, 6) is 1.37. The maximum Gasteiger partial charge on any atom is 0.232 e. The minimum atomic E-state index is -0.878.